The summed E-state index contributed by atoms with van der Waals surface area (Å²) >= 11 is 0. The van der Waals surface area contributed by atoms with Crippen molar-refractivity contribution in [1.82, 2.24) is 0 Å². The van der Waals surface area contributed by atoms with Crippen LogP contribution in [0.25, 0.3) is 0 Å². The van der Waals surface area contributed by atoms with Crippen molar-refractivity contribution in [1.29, 1.82) is 0 Å². The molecule has 0 aromatic heterocycles. The molecule has 0 amide bonds. The molecule has 0 fully saturated rings. The van der Waals surface area contributed by atoms with Gasteiger partial charge in [-0.15, -0.1) is 0 Å². The number of nitrogens with zero attached hydrogens (tertiary/aromatic N) is 1. The maximum Gasteiger partial charge on any atom is 0.333 e. The van der Waals surface area contributed by atoms with Crippen LogP contribution in [-0.4, -0.2) is 18.1 Å². The molecule has 2 atom stereocenters. The van der Waals surface area contributed by atoms with Gasteiger partial charge >= 0.3 is 5.69 Å². The summed E-state index contributed by atoms with van der Waals surface area (Å²) < 4.78 is 5.05. The number of hydrogen-bond acceptors (Lipinski definition) is 4. The highest BCUT2D eigenvalue weighted by Crippen LogP contribution is 2.35. The Morgan fingerprint density at radius 3 is 2.63 bits per heavy atom. The molecule has 5 nitrogen and oxygen atoms in total. The summed E-state index contributed by atoms with van der Waals surface area (Å²) in [5.74, 6) is 0.873. The molecule has 106 valence electrons. The third-order valence-corrected chi connectivity index (χ3v) is 3.26. The minimum Gasteiger partial charge on any atom is -0.490 e. The Labute approximate surface area is 114 Å². The van der Waals surface area contributed by atoms with Gasteiger partial charge in [-0.1, -0.05) is 26.3 Å². The highest BCUT2D eigenvalue weighted by Gasteiger charge is 2.21. The van der Waals surface area contributed by atoms with Crippen LogP contribution in [-0.2, 0) is 0 Å². The van der Waals surface area contributed by atoms with Crippen LogP contribution in [0, 0.1) is 16.0 Å². The fourth-order valence-corrected chi connectivity index (χ4v) is 2.09. The van der Waals surface area contributed by atoms with E-state index in [1.54, 1.807) is 18.2 Å². The predicted molar refractivity (Wildman–Crippen MR) is 76.8 cm³/mol. The van der Waals surface area contributed by atoms with E-state index in [0.29, 0.717) is 11.6 Å². The zero-order valence-corrected chi connectivity index (χ0v) is 12.0. The molecular formula is C14H22N2O3. The monoisotopic (exact) mass is 266 g/mol. The molecular weight excluding hydrogens is 244 g/mol. The number of anilines is 1. The molecule has 1 N–H and O–H groups in total. The van der Waals surface area contributed by atoms with Gasteiger partial charge in [0.2, 0.25) is 0 Å². The summed E-state index contributed by atoms with van der Waals surface area (Å²) in [6.45, 7) is 6.36. The number of benzene rings is 1. The lowest BCUT2D eigenvalue weighted by molar-refractivity contribution is -0.384. The average molecular weight is 266 g/mol. The van der Waals surface area contributed by atoms with E-state index in [4.69, 9.17) is 4.74 Å². The number of para-hydroxylation sites is 1. The van der Waals surface area contributed by atoms with Gasteiger partial charge in [0.1, 0.15) is 5.69 Å². The quantitative estimate of drug-likeness (QED) is 0.601. The Morgan fingerprint density at radius 2 is 2.11 bits per heavy atom. The van der Waals surface area contributed by atoms with Crippen LogP contribution in [0.5, 0.6) is 5.75 Å². The van der Waals surface area contributed by atoms with E-state index < -0.39 is 4.92 Å². The molecule has 0 radical (unpaired) electrons. The topological polar surface area (TPSA) is 64.4 Å². The second-order valence-corrected chi connectivity index (χ2v) is 4.91. The Kier molecular flexibility index (Phi) is 5.60. The number of ether oxygens (including phenoxy) is 1. The lowest BCUT2D eigenvalue weighted by atomic mass is 10.00. The van der Waals surface area contributed by atoms with Crippen molar-refractivity contribution in [3.05, 3.63) is 28.3 Å². The molecule has 2 unspecified atom stereocenters. The number of nitrogens with one attached hydrogen (secondary N) is 1. The summed E-state index contributed by atoms with van der Waals surface area (Å²) in [4.78, 5) is 10.7. The first kappa shape index (κ1) is 15.3. The molecule has 0 aliphatic heterocycles. The minimum atomic E-state index is -0.406. The molecule has 0 saturated heterocycles. The summed E-state index contributed by atoms with van der Waals surface area (Å²) in [6, 6.07) is 5.25. The Hall–Kier alpha value is -1.78. The zero-order chi connectivity index (χ0) is 14.4. The second kappa shape index (κ2) is 6.97. The third-order valence-electron chi connectivity index (χ3n) is 3.26. The van der Waals surface area contributed by atoms with Crippen molar-refractivity contribution in [2.45, 2.75) is 39.7 Å². The summed E-state index contributed by atoms with van der Waals surface area (Å²) in [5, 5.41) is 14.4. The zero-order valence-electron chi connectivity index (χ0n) is 12.0. The first-order valence-electron chi connectivity index (χ1n) is 6.57. The predicted octanol–water partition coefficient (Wildman–Crippen LogP) is 3.84. The van der Waals surface area contributed by atoms with Gasteiger partial charge in [-0.25, -0.2) is 0 Å². The van der Waals surface area contributed by atoms with Gasteiger partial charge in [0.15, 0.2) is 5.75 Å². The van der Waals surface area contributed by atoms with E-state index in [2.05, 4.69) is 19.2 Å². The van der Waals surface area contributed by atoms with Gasteiger partial charge in [0.25, 0.3) is 0 Å². The van der Waals surface area contributed by atoms with Crippen LogP contribution in [0.1, 0.15) is 33.6 Å². The number of methoxy groups -OCH3 is 1. The Balaban J connectivity index is 2.91. The van der Waals surface area contributed by atoms with Crippen LogP contribution in [0.3, 0.4) is 0 Å². The molecule has 0 aliphatic rings. The first-order chi connectivity index (χ1) is 8.99. The molecule has 0 spiro atoms. The smallest absolute Gasteiger partial charge is 0.333 e. The maximum atomic E-state index is 11.1. The molecule has 0 bridgehead atoms. The van der Waals surface area contributed by atoms with E-state index in [-0.39, 0.29) is 17.5 Å². The Morgan fingerprint density at radius 1 is 1.42 bits per heavy atom. The van der Waals surface area contributed by atoms with Gasteiger partial charge in [-0.05, 0) is 31.4 Å². The van der Waals surface area contributed by atoms with Gasteiger partial charge in [-0.2, -0.15) is 0 Å². The van der Waals surface area contributed by atoms with Crippen LogP contribution < -0.4 is 10.1 Å². The second-order valence-electron chi connectivity index (χ2n) is 4.91. The fraction of sp³-hybridized carbons (Fsp3) is 0.571. The molecule has 19 heavy (non-hydrogen) atoms. The molecule has 1 rings (SSSR count). The van der Waals surface area contributed by atoms with E-state index in [9.17, 15) is 10.1 Å². The van der Waals surface area contributed by atoms with Crippen molar-refractivity contribution in [3.63, 3.8) is 0 Å². The molecule has 5 heteroatoms. The highest BCUT2D eigenvalue weighted by atomic mass is 16.6. The minimum absolute atomic E-state index is 0.000927. The molecule has 1 aromatic rings. The maximum absolute atomic E-state index is 11.1. The van der Waals surface area contributed by atoms with Gasteiger partial charge in [0.05, 0.1) is 12.0 Å². The molecule has 0 aliphatic carbocycles. The van der Waals surface area contributed by atoms with Crippen LogP contribution in [0.2, 0.25) is 0 Å². The van der Waals surface area contributed by atoms with Crippen molar-refractivity contribution in [3.8, 4) is 5.75 Å². The van der Waals surface area contributed by atoms with Gasteiger partial charge in [-0.3, -0.25) is 10.1 Å². The lowest BCUT2D eigenvalue weighted by Crippen LogP contribution is -2.19. The number of nitro groups is 1. The van der Waals surface area contributed by atoms with Crippen molar-refractivity contribution >= 4 is 11.4 Å². The number of nitro benzene ring substituents is 1. The number of rotatable bonds is 7. The van der Waals surface area contributed by atoms with Crippen molar-refractivity contribution in [2.75, 3.05) is 12.4 Å². The SMILES string of the molecule is CCC(C)CC(C)Nc1cccc(OC)c1[N+](=O)[O-]. The van der Waals surface area contributed by atoms with Gasteiger partial charge < -0.3 is 10.1 Å². The van der Waals surface area contributed by atoms with E-state index in [1.807, 2.05) is 6.92 Å². The summed E-state index contributed by atoms with van der Waals surface area (Å²) in [5.41, 5.74) is 0.515. The van der Waals surface area contributed by atoms with E-state index in [0.717, 1.165) is 12.8 Å². The molecule has 0 saturated carbocycles. The van der Waals surface area contributed by atoms with E-state index in [1.165, 1.54) is 7.11 Å². The van der Waals surface area contributed by atoms with Crippen LogP contribution in [0.4, 0.5) is 11.4 Å². The first-order valence-corrected chi connectivity index (χ1v) is 6.57. The molecule has 0 heterocycles. The summed E-state index contributed by atoms with van der Waals surface area (Å²) in [7, 11) is 1.44. The van der Waals surface area contributed by atoms with Gasteiger partial charge in [0, 0.05) is 6.04 Å². The van der Waals surface area contributed by atoms with E-state index >= 15 is 0 Å². The van der Waals surface area contributed by atoms with Crippen LogP contribution in [0.15, 0.2) is 18.2 Å². The molecule has 1 aromatic carbocycles. The number of hydrogen-bond donors (Lipinski definition) is 1. The van der Waals surface area contributed by atoms with Crippen molar-refractivity contribution < 1.29 is 9.66 Å². The fourth-order valence-electron chi connectivity index (χ4n) is 2.09. The third kappa shape index (κ3) is 4.12. The van der Waals surface area contributed by atoms with Crippen LogP contribution >= 0.6 is 0 Å². The lowest BCUT2D eigenvalue weighted by Gasteiger charge is -2.19. The summed E-state index contributed by atoms with van der Waals surface area (Å²) in [6.07, 6.45) is 2.08. The normalized spacial score (nSPS) is 13.7. The van der Waals surface area contributed by atoms with Crippen molar-refractivity contribution in [2.24, 2.45) is 5.92 Å². The Bertz CT molecular complexity index is 435. The largest absolute Gasteiger partial charge is 0.490 e. The standard InChI is InChI=1S/C14H22N2O3/c1-5-10(2)9-11(3)15-12-7-6-8-13(19-4)14(12)16(17)18/h6-8,10-11,15H,5,9H2,1-4H3. The highest BCUT2D eigenvalue weighted by molar-refractivity contribution is 5.68. The average Bonchev–Trinajstić information content (AvgIpc) is 2.37.